The minimum atomic E-state index is 0.286. The van der Waals surface area contributed by atoms with Gasteiger partial charge >= 0.3 is 0 Å². The van der Waals surface area contributed by atoms with Crippen molar-refractivity contribution in [2.45, 2.75) is 6.92 Å². The number of ether oxygens (including phenoxy) is 1. The van der Waals surface area contributed by atoms with Gasteiger partial charge in [0, 0.05) is 50.4 Å². The summed E-state index contributed by atoms with van der Waals surface area (Å²) in [6.07, 6.45) is 0. The van der Waals surface area contributed by atoms with E-state index in [1.165, 1.54) is 5.69 Å². The quantitative estimate of drug-likeness (QED) is 0.838. The summed E-state index contributed by atoms with van der Waals surface area (Å²) < 4.78 is 5.28. The van der Waals surface area contributed by atoms with Crippen LogP contribution in [0.5, 0.6) is 5.75 Å². The largest absolute Gasteiger partial charge is 0.497 e. The molecule has 1 saturated heterocycles. The molecular formula is C15H23N3OS. The van der Waals surface area contributed by atoms with Crippen molar-refractivity contribution in [1.29, 1.82) is 0 Å². The molecule has 0 aromatic heterocycles. The summed E-state index contributed by atoms with van der Waals surface area (Å²) in [4.78, 5) is 5.44. The van der Waals surface area contributed by atoms with Gasteiger partial charge in [-0.25, -0.2) is 0 Å². The molecule has 2 N–H and O–H groups in total. The maximum absolute atomic E-state index is 5.68. The lowest BCUT2D eigenvalue weighted by atomic mass is 10.1. The summed E-state index contributed by atoms with van der Waals surface area (Å²) in [5.74, 6) is 1.19. The lowest BCUT2D eigenvalue weighted by Crippen LogP contribution is -2.48. The van der Waals surface area contributed by atoms with E-state index < -0.39 is 0 Å². The van der Waals surface area contributed by atoms with Crippen LogP contribution in [0.1, 0.15) is 6.92 Å². The van der Waals surface area contributed by atoms with E-state index in [-0.39, 0.29) is 5.92 Å². The third kappa shape index (κ3) is 3.84. The highest BCUT2D eigenvalue weighted by Crippen LogP contribution is 2.22. The molecule has 1 aromatic rings. The molecular weight excluding hydrogens is 270 g/mol. The predicted octanol–water partition coefficient (Wildman–Crippen LogP) is 1.74. The highest BCUT2D eigenvalue weighted by Gasteiger charge is 2.19. The van der Waals surface area contributed by atoms with Crippen LogP contribution in [0.2, 0.25) is 0 Å². The second-order valence-corrected chi connectivity index (χ2v) is 5.76. The van der Waals surface area contributed by atoms with E-state index in [2.05, 4.69) is 28.9 Å². The zero-order valence-electron chi connectivity index (χ0n) is 12.2. The summed E-state index contributed by atoms with van der Waals surface area (Å²) in [7, 11) is 1.70. The molecule has 0 spiro atoms. The zero-order chi connectivity index (χ0) is 14.5. The monoisotopic (exact) mass is 293 g/mol. The maximum Gasteiger partial charge on any atom is 0.120 e. The van der Waals surface area contributed by atoms with Crippen molar-refractivity contribution in [3.05, 3.63) is 24.3 Å². The Balaban J connectivity index is 1.89. The molecule has 2 rings (SSSR count). The second-order valence-electron chi connectivity index (χ2n) is 5.29. The number of rotatable bonds is 5. The van der Waals surface area contributed by atoms with Crippen LogP contribution in [0.3, 0.4) is 0 Å². The van der Waals surface area contributed by atoms with Crippen LogP contribution in [0.4, 0.5) is 5.69 Å². The fourth-order valence-corrected chi connectivity index (χ4v) is 2.55. The van der Waals surface area contributed by atoms with Gasteiger partial charge in [-0.15, -0.1) is 0 Å². The number of hydrogen-bond donors (Lipinski definition) is 1. The van der Waals surface area contributed by atoms with E-state index in [1.54, 1.807) is 7.11 Å². The molecule has 1 fully saturated rings. The van der Waals surface area contributed by atoms with Gasteiger partial charge in [0.25, 0.3) is 0 Å². The molecule has 0 bridgehead atoms. The molecule has 1 heterocycles. The highest BCUT2D eigenvalue weighted by molar-refractivity contribution is 7.80. The minimum absolute atomic E-state index is 0.286. The lowest BCUT2D eigenvalue weighted by Gasteiger charge is -2.37. The normalized spacial score (nSPS) is 17.8. The van der Waals surface area contributed by atoms with Gasteiger partial charge < -0.3 is 15.4 Å². The molecule has 0 radical (unpaired) electrons. The smallest absolute Gasteiger partial charge is 0.120 e. The number of nitrogens with zero attached hydrogens (tertiary/aromatic N) is 2. The number of piperazine rings is 1. The van der Waals surface area contributed by atoms with Gasteiger partial charge in [-0.2, -0.15) is 0 Å². The zero-order valence-corrected chi connectivity index (χ0v) is 13.0. The SMILES string of the molecule is COc1cccc(N2CCN(CC(C)C(N)=S)CC2)c1. The van der Waals surface area contributed by atoms with Gasteiger partial charge in [-0.05, 0) is 12.1 Å². The van der Waals surface area contributed by atoms with E-state index in [4.69, 9.17) is 22.7 Å². The first-order valence-corrected chi connectivity index (χ1v) is 7.41. The molecule has 1 aromatic carbocycles. The Morgan fingerprint density at radius 2 is 2.05 bits per heavy atom. The van der Waals surface area contributed by atoms with Gasteiger partial charge in [0.15, 0.2) is 0 Å². The number of methoxy groups -OCH3 is 1. The first-order chi connectivity index (χ1) is 9.60. The predicted molar refractivity (Wildman–Crippen MR) is 87.6 cm³/mol. The summed E-state index contributed by atoms with van der Waals surface area (Å²) in [5.41, 5.74) is 6.91. The van der Waals surface area contributed by atoms with Crippen LogP contribution in [0, 0.1) is 5.92 Å². The molecule has 4 nitrogen and oxygen atoms in total. The first-order valence-electron chi connectivity index (χ1n) is 7.01. The topological polar surface area (TPSA) is 41.7 Å². The number of hydrogen-bond acceptors (Lipinski definition) is 4. The average Bonchev–Trinajstić information content (AvgIpc) is 2.48. The van der Waals surface area contributed by atoms with E-state index in [9.17, 15) is 0 Å². The van der Waals surface area contributed by atoms with Gasteiger partial charge in [0.05, 0.1) is 12.1 Å². The Kier molecular flexibility index (Phi) is 5.20. The van der Waals surface area contributed by atoms with Crippen LogP contribution in [-0.4, -0.2) is 49.7 Å². The fraction of sp³-hybridized carbons (Fsp3) is 0.533. The third-order valence-electron chi connectivity index (χ3n) is 3.81. The van der Waals surface area contributed by atoms with E-state index in [1.807, 2.05) is 12.1 Å². The van der Waals surface area contributed by atoms with Gasteiger partial charge in [-0.3, -0.25) is 4.90 Å². The highest BCUT2D eigenvalue weighted by atomic mass is 32.1. The molecule has 1 atom stereocenters. The number of nitrogens with two attached hydrogens (primary N) is 1. The van der Waals surface area contributed by atoms with Crippen molar-refractivity contribution in [3.8, 4) is 5.75 Å². The van der Waals surface area contributed by atoms with Crippen LogP contribution in [0.15, 0.2) is 24.3 Å². The van der Waals surface area contributed by atoms with Crippen molar-refractivity contribution in [1.82, 2.24) is 4.90 Å². The molecule has 1 aliphatic heterocycles. The molecule has 1 aliphatic rings. The summed E-state index contributed by atoms with van der Waals surface area (Å²) in [6, 6.07) is 8.24. The molecule has 1 unspecified atom stereocenters. The van der Waals surface area contributed by atoms with Gasteiger partial charge in [-0.1, -0.05) is 25.2 Å². The van der Waals surface area contributed by atoms with Gasteiger partial charge in [0.1, 0.15) is 5.75 Å². The Labute approximate surface area is 126 Å². The number of anilines is 1. The van der Waals surface area contributed by atoms with Gasteiger partial charge in [0.2, 0.25) is 0 Å². The van der Waals surface area contributed by atoms with Crippen LogP contribution >= 0.6 is 12.2 Å². The van der Waals surface area contributed by atoms with Crippen molar-refractivity contribution < 1.29 is 4.74 Å². The summed E-state index contributed by atoms with van der Waals surface area (Å²) in [5, 5.41) is 0. The Morgan fingerprint density at radius 3 is 2.65 bits per heavy atom. The molecule has 0 aliphatic carbocycles. The van der Waals surface area contributed by atoms with Crippen molar-refractivity contribution >= 4 is 22.9 Å². The van der Waals surface area contributed by atoms with Crippen LogP contribution in [-0.2, 0) is 0 Å². The van der Waals surface area contributed by atoms with Crippen molar-refractivity contribution in [2.24, 2.45) is 11.7 Å². The molecule has 0 amide bonds. The average molecular weight is 293 g/mol. The van der Waals surface area contributed by atoms with E-state index >= 15 is 0 Å². The van der Waals surface area contributed by atoms with Crippen LogP contribution < -0.4 is 15.4 Å². The Hall–Kier alpha value is -1.33. The summed E-state index contributed by atoms with van der Waals surface area (Å²) in [6.45, 7) is 7.20. The molecule has 20 heavy (non-hydrogen) atoms. The third-order valence-corrected chi connectivity index (χ3v) is 4.21. The second kappa shape index (κ2) is 6.90. The lowest BCUT2D eigenvalue weighted by molar-refractivity contribution is 0.244. The first kappa shape index (κ1) is 15.1. The Morgan fingerprint density at radius 1 is 1.35 bits per heavy atom. The fourth-order valence-electron chi connectivity index (χ4n) is 2.47. The van der Waals surface area contributed by atoms with E-state index in [0.717, 1.165) is 38.5 Å². The number of thiocarbonyl (C=S) groups is 1. The van der Waals surface area contributed by atoms with Crippen molar-refractivity contribution in [3.63, 3.8) is 0 Å². The van der Waals surface area contributed by atoms with Crippen LogP contribution in [0.25, 0.3) is 0 Å². The molecule has 110 valence electrons. The Bertz CT molecular complexity index is 458. The minimum Gasteiger partial charge on any atom is -0.497 e. The summed E-state index contributed by atoms with van der Waals surface area (Å²) >= 11 is 5.04. The maximum atomic E-state index is 5.68. The standard InChI is InChI=1S/C15H23N3OS/c1-12(15(16)20)11-17-6-8-18(9-7-17)13-4-3-5-14(10-13)19-2/h3-5,10,12H,6-9,11H2,1-2H3,(H2,16,20). The number of benzene rings is 1. The molecule has 0 saturated carbocycles. The van der Waals surface area contributed by atoms with E-state index in [0.29, 0.717) is 4.99 Å². The molecule has 5 heteroatoms. The van der Waals surface area contributed by atoms with Crippen molar-refractivity contribution in [2.75, 3.05) is 44.7 Å².